The van der Waals surface area contributed by atoms with Crippen LogP contribution >= 0.6 is 0 Å². The third-order valence-electron chi connectivity index (χ3n) is 2.08. The molecule has 80 valence electrons. The van der Waals surface area contributed by atoms with E-state index in [1.165, 1.54) is 0 Å². The van der Waals surface area contributed by atoms with Crippen LogP contribution in [0.5, 0.6) is 0 Å². The summed E-state index contributed by atoms with van der Waals surface area (Å²) in [6.07, 6.45) is 0. The minimum atomic E-state index is -0.293. The Kier molecular flexibility index (Phi) is 4.62. The van der Waals surface area contributed by atoms with E-state index in [9.17, 15) is 4.79 Å². The van der Waals surface area contributed by atoms with Gasteiger partial charge in [0, 0.05) is 25.2 Å². The number of ether oxygens (including phenoxy) is 2. The Morgan fingerprint density at radius 3 is 2.71 bits per heavy atom. The van der Waals surface area contributed by atoms with E-state index in [-0.39, 0.29) is 5.97 Å². The van der Waals surface area contributed by atoms with Crippen molar-refractivity contribution in [1.29, 1.82) is 0 Å². The monoisotopic (exact) mass is 199 g/mol. The fourth-order valence-corrected chi connectivity index (χ4v) is 1.33. The molecule has 1 aliphatic rings. The van der Waals surface area contributed by atoms with Gasteiger partial charge in [-0.2, -0.15) is 0 Å². The van der Waals surface area contributed by atoms with E-state index in [2.05, 4.69) is 11.5 Å². The predicted octanol–water partition coefficient (Wildman–Crippen LogP) is 0.438. The second-order valence-electron chi connectivity index (χ2n) is 3.21. The zero-order valence-corrected chi connectivity index (χ0v) is 8.62. The molecule has 1 fully saturated rings. The summed E-state index contributed by atoms with van der Waals surface area (Å²) in [6, 6.07) is 0. The fraction of sp³-hybridized carbons (Fsp3) is 0.700. The molecule has 1 rings (SSSR count). The molecule has 4 nitrogen and oxygen atoms in total. The number of carbonyl (C=O) groups excluding carboxylic acids is 1. The molecule has 0 aromatic heterocycles. The zero-order valence-electron chi connectivity index (χ0n) is 8.62. The van der Waals surface area contributed by atoms with Crippen molar-refractivity contribution in [2.24, 2.45) is 0 Å². The summed E-state index contributed by atoms with van der Waals surface area (Å²) in [5.74, 6) is -0.293. The average molecular weight is 199 g/mol. The number of hydrogen-bond acceptors (Lipinski definition) is 4. The minimum Gasteiger partial charge on any atom is -0.463 e. The Morgan fingerprint density at radius 1 is 1.50 bits per heavy atom. The van der Waals surface area contributed by atoms with E-state index in [1.54, 1.807) is 6.92 Å². The van der Waals surface area contributed by atoms with Gasteiger partial charge in [-0.15, -0.1) is 0 Å². The van der Waals surface area contributed by atoms with Crippen LogP contribution in [-0.2, 0) is 14.3 Å². The van der Waals surface area contributed by atoms with Gasteiger partial charge in [-0.05, 0) is 6.92 Å². The quantitative estimate of drug-likeness (QED) is 0.486. The number of hydrogen-bond donors (Lipinski definition) is 0. The van der Waals surface area contributed by atoms with Gasteiger partial charge in [0.15, 0.2) is 0 Å². The lowest BCUT2D eigenvalue weighted by Crippen LogP contribution is -2.38. The van der Waals surface area contributed by atoms with E-state index in [4.69, 9.17) is 9.47 Å². The van der Waals surface area contributed by atoms with Gasteiger partial charge in [-0.1, -0.05) is 6.58 Å². The van der Waals surface area contributed by atoms with Crippen molar-refractivity contribution in [2.75, 3.05) is 39.5 Å². The molecule has 0 amide bonds. The number of morpholine rings is 1. The summed E-state index contributed by atoms with van der Waals surface area (Å²) >= 11 is 0. The molecule has 4 heteroatoms. The van der Waals surface area contributed by atoms with Crippen molar-refractivity contribution in [2.45, 2.75) is 6.92 Å². The maximum Gasteiger partial charge on any atom is 0.334 e. The Bertz CT molecular complexity index is 209. The van der Waals surface area contributed by atoms with Crippen molar-refractivity contribution in [3.63, 3.8) is 0 Å². The number of nitrogens with zero attached hydrogens (tertiary/aromatic N) is 1. The molecule has 0 N–H and O–H groups in total. The summed E-state index contributed by atoms with van der Waals surface area (Å²) in [5, 5.41) is 0. The van der Waals surface area contributed by atoms with Crippen LogP contribution in [0, 0.1) is 0 Å². The maximum absolute atomic E-state index is 11.2. The molecule has 0 aliphatic carbocycles. The summed E-state index contributed by atoms with van der Waals surface area (Å²) in [4.78, 5) is 13.4. The van der Waals surface area contributed by atoms with Gasteiger partial charge in [0.25, 0.3) is 0 Å². The second-order valence-corrected chi connectivity index (χ2v) is 3.21. The third kappa shape index (κ3) is 3.47. The molecule has 1 heterocycles. The molecular weight excluding hydrogens is 182 g/mol. The van der Waals surface area contributed by atoms with Gasteiger partial charge in [0.1, 0.15) is 0 Å². The first-order chi connectivity index (χ1) is 6.74. The van der Waals surface area contributed by atoms with Gasteiger partial charge in [-0.25, -0.2) is 4.79 Å². The molecule has 0 atom stereocenters. The Morgan fingerprint density at radius 2 is 2.14 bits per heavy atom. The Hall–Kier alpha value is -0.870. The van der Waals surface area contributed by atoms with E-state index >= 15 is 0 Å². The predicted molar refractivity (Wildman–Crippen MR) is 53.0 cm³/mol. The van der Waals surface area contributed by atoms with Crippen LogP contribution in [0.4, 0.5) is 0 Å². The van der Waals surface area contributed by atoms with Crippen molar-refractivity contribution in [3.05, 3.63) is 12.2 Å². The molecule has 0 aromatic rings. The van der Waals surface area contributed by atoms with Gasteiger partial charge in [0.2, 0.25) is 0 Å². The van der Waals surface area contributed by atoms with Crippen molar-refractivity contribution in [1.82, 2.24) is 4.90 Å². The highest BCUT2D eigenvalue weighted by Crippen LogP contribution is 2.02. The van der Waals surface area contributed by atoms with E-state index in [0.29, 0.717) is 18.7 Å². The topological polar surface area (TPSA) is 38.8 Å². The first kappa shape index (κ1) is 11.2. The summed E-state index contributed by atoms with van der Waals surface area (Å²) in [7, 11) is 0. The van der Waals surface area contributed by atoms with E-state index < -0.39 is 0 Å². The normalized spacial score (nSPS) is 17.8. The molecule has 0 aromatic carbocycles. The first-order valence-corrected chi connectivity index (χ1v) is 4.89. The van der Waals surface area contributed by atoms with Crippen LogP contribution in [0.3, 0.4) is 0 Å². The smallest absolute Gasteiger partial charge is 0.334 e. The zero-order chi connectivity index (χ0) is 10.4. The van der Waals surface area contributed by atoms with Crippen LogP contribution in [0.25, 0.3) is 0 Å². The Labute approximate surface area is 84.5 Å². The van der Waals surface area contributed by atoms with Crippen LogP contribution < -0.4 is 0 Å². The lowest BCUT2D eigenvalue weighted by molar-refractivity contribution is -0.138. The van der Waals surface area contributed by atoms with E-state index in [1.807, 2.05) is 0 Å². The maximum atomic E-state index is 11.2. The first-order valence-electron chi connectivity index (χ1n) is 4.89. The highest BCUT2D eigenvalue weighted by molar-refractivity contribution is 5.88. The third-order valence-corrected chi connectivity index (χ3v) is 2.08. The molecule has 0 unspecified atom stereocenters. The standard InChI is InChI=1S/C10H17NO3/c1-3-14-10(12)9(2)8-11-4-6-13-7-5-11/h2-8H2,1H3. The largest absolute Gasteiger partial charge is 0.463 e. The van der Waals surface area contributed by atoms with Gasteiger partial charge < -0.3 is 9.47 Å². The highest BCUT2D eigenvalue weighted by Gasteiger charge is 2.15. The van der Waals surface area contributed by atoms with E-state index in [0.717, 1.165) is 26.3 Å². The fourth-order valence-electron chi connectivity index (χ4n) is 1.33. The molecule has 0 spiro atoms. The number of rotatable bonds is 4. The van der Waals surface area contributed by atoms with Gasteiger partial charge in [-0.3, -0.25) is 4.90 Å². The van der Waals surface area contributed by atoms with Crippen LogP contribution in [0.2, 0.25) is 0 Å². The lowest BCUT2D eigenvalue weighted by Gasteiger charge is -2.26. The van der Waals surface area contributed by atoms with Crippen molar-refractivity contribution >= 4 is 5.97 Å². The highest BCUT2D eigenvalue weighted by atomic mass is 16.5. The molecule has 14 heavy (non-hydrogen) atoms. The molecule has 0 saturated carbocycles. The van der Waals surface area contributed by atoms with Crippen LogP contribution in [-0.4, -0.2) is 50.3 Å². The number of esters is 1. The van der Waals surface area contributed by atoms with Crippen molar-refractivity contribution < 1.29 is 14.3 Å². The SMILES string of the molecule is C=C(CN1CCOCC1)C(=O)OCC. The number of carbonyl (C=O) groups is 1. The van der Waals surface area contributed by atoms with Gasteiger partial charge >= 0.3 is 5.97 Å². The van der Waals surface area contributed by atoms with Crippen LogP contribution in [0.1, 0.15) is 6.92 Å². The lowest BCUT2D eigenvalue weighted by atomic mass is 10.2. The minimum absolute atomic E-state index is 0.293. The van der Waals surface area contributed by atoms with Crippen molar-refractivity contribution in [3.8, 4) is 0 Å². The summed E-state index contributed by atoms with van der Waals surface area (Å²) < 4.78 is 10.1. The average Bonchev–Trinajstić information content (AvgIpc) is 2.19. The molecule has 0 radical (unpaired) electrons. The molecular formula is C10H17NO3. The second kappa shape index (κ2) is 5.78. The van der Waals surface area contributed by atoms with Gasteiger partial charge in [0.05, 0.1) is 19.8 Å². The summed E-state index contributed by atoms with van der Waals surface area (Å²) in [6.45, 7) is 9.67. The molecule has 1 aliphatic heterocycles. The molecule has 0 bridgehead atoms. The Balaban J connectivity index is 2.28. The molecule has 1 saturated heterocycles. The summed E-state index contributed by atoms with van der Waals surface area (Å²) in [5.41, 5.74) is 0.522. The van der Waals surface area contributed by atoms with Crippen LogP contribution in [0.15, 0.2) is 12.2 Å².